The van der Waals surface area contributed by atoms with Crippen molar-refractivity contribution in [3.05, 3.63) is 35.9 Å². The van der Waals surface area contributed by atoms with Gasteiger partial charge in [-0.2, -0.15) is 8.78 Å². The molecule has 0 saturated heterocycles. The molecule has 1 N–H and O–H groups in total. The molecule has 1 rings (SSSR count). The lowest BCUT2D eigenvalue weighted by Gasteiger charge is -2.00. The van der Waals surface area contributed by atoms with E-state index >= 15 is 0 Å². The number of alkyl halides is 2. The summed E-state index contributed by atoms with van der Waals surface area (Å²) in [5.41, 5.74) is 0.810. The SMILES string of the molecule is OC/C=C/c1cccc(SC(F)F)c1. The molecule has 4 heteroatoms. The van der Waals surface area contributed by atoms with Gasteiger partial charge in [-0.05, 0) is 17.7 Å². The summed E-state index contributed by atoms with van der Waals surface area (Å²) in [6.07, 6.45) is 3.25. The van der Waals surface area contributed by atoms with E-state index in [1.165, 1.54) is 0 Å². The lowest BCUT2D eigenvalue weighted by molar-refractivity contribution is 0.252. The molecule has 0 aliphatic heterocycles. The van der Waals surface area contributed by atoms with Gasteiger partial charge in [0.15, 0.2) is 0 Å². The van der Waals surface area contributed by atoms with Gasteiger partial charge in [0.1, 0.15) is 0 Å². The second-order valence-corrected chi connectivity index (χ2v) is 3.60. The van der Waals surface area contributed by atoms with Gasteiger partial charge in [-0.1, -0.05) is 36.0 Å². The fraction of sp³-hybridized carbons (Fsp3) is 0.200. The minimum absolute atomic E-state index is 0.0494. The predicted molar refractivity (Wildman–Crippen MR) is 54.4 cm³/mol. The Morgan fingerprint density at radius 1 is 1.43 bits per heavy atom. The van der Waals surface area contributed by atoms with Crippen LogP contribution >= 0.6 is 11.8 Å². The number of hydrogen-bond acceptors (Lipinski definition) is 2. The van der Waals surface area contributed by atoms with Crippen molar-refractivity contribution in [2.75, 3.05) is 6.61 Å². The Bertz CT molecular complexity index is 313. The first-order valence-electron chi connectivity index (χ1n) is 4.04. The second kappa shape index (κ2) is 5.78. The average Bonchev–Trinajstić information content (AvgIpc) is 2.14. The number of rotatable bonds is 4. The van der Waals surface area contributed by atoms with E-state index in [4.69, 9.17) is 5.11 Å². The number of thioether (sulfide) groups is 1. The van der Waals surface area contributed by atoms with E-state index in [2.05, 4.69) is 0 Å². The van der Waals surface area contributed by atoms with E-state index in [-0.39, 0.29) is 6.61 Å². The minimum atomic E-state index is -2.40. The molecule has 0 amide bonds. The molecule has 0 fully saturated rings. The molecule has 0 aromatic heterocycles. The molecule has 0 radical (unpaired) electrons. The molecule has 1 aromatic carbocycles. The Kier molecular flexibility index (Phi) is 4.62. The zero-order valence-electron chi connectivity index (χ0n) is 7.36. The maximum atomic E-state index is 12.0. The van der Waals surface area contributed by atoms with Crippen LogP contribution in [0.4, 0.5) is 8.78 Å². The van der Waals surface area contributed by atoms with Crippen LogP contribution in [0.3, 0.4) is 0 Å². The minimum Gasteiger partial charge on any atom is -0.392 e. The lowest BCUT2D eigenvalue weighted by atomic mass is 10.2. The first kappa shape index (κ1) is 11.2. The van der Waals surface area contributed by atoms with Crippen LogP contribution in [0.2, 0.25) is 0 Å². The Morgan fingerprint density at radius 3 is 2.86 bits per heavy atom. The van der Waals surface area contributed by atoms with Crippen LogP contribution in [0.25, 0.3) is 6.08 Å². The summed E-state index contributed by atoms with van der Waals surface area (Å²) in [4.78, 5) is 0.528. The van der Waals surface area contributed by atoms with Crippen molar-refractivity contribution in [3.8, 4) is 0 Å². The summed E-state index contributed by atoms with van der Waals surface area (Å²) in [5.74, 6) is -2.40. The van der Waals surface area contributed by atoms with Gasteiger partial charge in [0.05, 0.1) is 6.61 Å². The summed E-state index contributed by atoms with van der Waals surface area (Å²) in [7, 11) is 0. The maximum absolute atomic E-state index is 12.0. The molecule has 14 heavy (non-hydrogen) atoms. The summed E-state index contributed by atoms with van der Waals surface area (Å²) in [6.45, 7) is -0.0494. The highest BCUT2D eigenvalue weighted by molar-refractivity contribution is 7.99. The van der Waals surface area contributed by atoms with Crippen molar-refractivity contribution >= 4 is 17.8 Å². The largest absolute Gasteiger partial charge is 0.392 e. The fourth-order valence-corrected chi connectivity index (χ4v) is 1.55. The molecule has 0 aliphatic rings. The molecule has 0 aliphatic carbocycles. The standard InChI is InChI=1S/C10H10F2OS/c11-10(12)14-9-5-1-3-8(7-9)4-2-6-13/h1-5,7,10,13H,6H2/b4-2+. The van der Waals surface area contributed by atoms with Crippen LogP contribution in [-0.2, 0) is 0 Å². The highest BCUT2D eigenvalue weighted by atomic mass is 32.2. The first-order chi connectivity index (χ1) is 6.72. The van der Waals surface area contributed by atoms with Crippen LogP contribution in [-0.4, -0.2) is 17.5 Å². The van der Waals surface area contributed by atoms with Crippen molar-refractivity contribution in [3.63, 3.8) is 0 Å². The normalized spacial score (nSPS) is 11.4. The third-order valence-corrected chi connectivity index (χ3v) is 2.20. The number of benzene rings is 1. The fourth-order valence-electron chi connectivity index (χ4n) is 0.983. The van der Waals surface area contributed by atoms with Gasteiger partial charge in [0.25, 0.3) is 5.76 Å². The summed E-state index contributed by atoms with van der Waals surface area (Å²) in [5, 5.41) is 8.53. The molecular weight excluding hydrogens is 206 g/mol. The Morgan fingerprint density at radius 2 is 2.21 bits per heavy atom. The molecule has 0 unspecified atom stereocenters. The molecule has 1 aromatic rings. The van der Waals surface area contributed by atoms with Crippen LogP contribution in [0, 0.1) is 0 Å². The smallest absolute Gasteiger partial charge is 0.288 e. The summed E-state index contributed by atoms with van der Waals surface area (Å²) < 4.78 is 24.0. The van der Waals surface area contributed by atoms with Gasteiger partial charge in [-0.3, -0.25) is 0 Å². The van der Waals surface area contributed by atoms with E-state index in [0.29, 0.717) is 16.7 Å². The van der Waals surface area contributed by atoms with Crippen molar-refractivity contribution in [2.24, 2.45) is 0 Å². The van der Waals surface area contributed by atoms with Gasteiger partial charge in [-0.15, -0.1) is 0 Å². The zero-order chi connectivity index (χ0) is 10.4. The van der Waals surface area contributed by atoms with Crippen LogP contribution in [0.5, 0.6) is 0 Å². The number of halogens is 2. The van der Waals surface area contributed by atoms with Crippen LogP contribution < -0.4 is 0 Å². The molecule has 1 nitrogen and oxygen atoms in total. The molecule has 76 valence electrons. The van der Waals surface area contributed by atoms with Crippen LogP contribution in [0.1, 0.15) is 5.56 Å². The van der Waals surface area contributed by atoms with Crippen molar-refractivity contribution in [2.45, 2.75) is 10.7 Å². The molecular formula is C10H10F2OS. The van der Waals surface area contributed by atoms with Gasteiger partial charge in [-0.25, -0.2) is 0 Å². The third kappa shape index (κ3) is 3.89. The Labute approximate surface area is 85.4 Å². The highest BCUT2D eigenvalue weighted by Crippen LogP contribution is 2.25. The summed E-state index contributed by atoms with van der Waals surface area (Å²) in [6, 6.07) is 6.79. The van der Waals surface area contributed by atoms with E-state index in [1.807, 2.05) is 0 Å². The highest BCUT2D eigenvalue weighted by Gasteiger charge is 2.04. The number of hydrogen-bond donors (Lipinski definition) is 1. The average molecular weight is 216 g/mol. The van der Waals surface area contributed by atoms with Gasteiger partial charge in [0.2, 0.25) is 0 Å². The van der Waals surface area contributed by atoms with E-state index in [0.717, 1.165) is 5.56 Å². The molecule has 0 heterocycles. The monoisotopic (exact) mass is 216 g/mol. The van der Waals surface area contributed by atoms with Gasteiger partial charge >= 0.3 is 0 Å². The van der Waals surface area contributed by atoms with E-state index in [9.17, 15) is 8.78 Å². The van der Waals surface area contributed by atoms with Crippen molar-refractivity contribution < 1.29 is 13.9 Å². The van der Waals surface area contributed by atoms with Gasteiger partial charge in [0, 0.05) is 4.90 Å². The zero-order valence-corrected chi connectivity index (χ0v) is 8.18. The Balaban J connectivity index is 2.73. The van der Waals surface area contributed by atoms with Gasteiger partial charge < -0.3 is 5.11 Å². The summed E-state index contributed by atoms with van der Waals surface area (Å²) >= 11 is 0.516. The number of aliphatic hydroxyl groups is 1. The van der Waals surface area contributed by atoms with Crippen molar-refractivity contribution in [1.82, 2.24) is 0 Å². The third-order valence-electron chi connectivity index (χ3n) is 1.50. The lowest BCUT2D eigenvalue weighted by Crippen LogP contribution is -1.82. The molecule has 0 saturated carbocycles. The number of aliphatic hydroxyl groups excluding tert-OH is 1. The second-order valence-electron chi connectivity index (χ2n) is 2.54. The topological polar surface area (TPSA) is 20.2 Å². The van der Waals surface area contributed by atoms with E-state index in [1.54, 1.807) is 36.4 Å². The molecule has 0 bridgehead atoms. The van der Waals surface area contributed by atoms with E-state index < -0.39 is 5.76 Å². The molecule has 0 spiro atoms. The predicted octanol–water partition coefficient (Wildman–Crippen LogP) is 3.01. The van der Waals surface area contributed by atoms with Crippen molar-refractivity contribution in [1.29, 1.82) is 0 Å². The van der Waals surface area contributed by atoms with Crippen LogP contribution in [0.15, 0.2) is 35.2 Å². The molecule has 0 atom stereocenters. The Hall–Kier alpha value is -0.870. The quantitative estimate of drug-likeness (QED) is 0.781. The maximum Gasteiger partial charge on any atom is 0.288 e. The first-order valence-corrected chi connectivity index (χ1v) is 4.92.